The summed E-state index contributed by atoms with van der Waals surface area (Å²) >= 11 is 0. The third-order valence-corrected chi connectivity index (χ3v) is 5.13. The Kier molecular flexibility index (Phi) is 3.56. The Hall–Kier alpha value is -2.55. The molecule has 0 aliphatic heterocycles. The molecule has 0 unspecified atom stereocenters. The van der Waals surface area contributed by atoms with E-state index in [-0.39, 0.29) is 10.8 Å². The summed E-state index contributed by atoms with van der Waals surface area (Å²) in [7, 11) is 0. The second-order valence-electron chi connectivity index (χ2n) is 9.25. The van der Waals surface area contributed by atoms with E-state index in [2.05, 4.69) is 82.0 Å². The summed E-state index contributed by atoms with van der Waals surface area (Å²) in [6, 6.07) is 8.88. The number of nitrogens with zero attached hydrogens (tertiary/aromatic N) is 1. The lowest BCUT2D eigenvalue weighted by atomic mass is 9.79. The van der Waals surface area contributed by atoms with Crippen LogP contribution in [0.1, 0.15) is 52.7 Å². The summed E-state index contributed by atoms with van der Waals surface area (Å²) in [4.78, 5) is 11.4. The van der Waals surface area contributed by atoms with Crippen molar-refractivity contribution in [1.82, 2.24) is 15.0 Å². The minimum absolute atomic E-state index is 0.0387. The van der Waals surface area contributed by atoms with Gasteiger partial charge in [-0.25, -0.2) is 4.98 Å². The van der Waals surface area contributed by atoms with E-state index in [1.54, 1.807) is 0 Å². The molecule has 3 heterocycles. The zero-order chi connectivity index (χ0) is 18.7. The van der Waals surface area contributed by atoms with Crippen molar-refractivity contribution in [2.45, 2.75) is 52.4 Å². The molecule has 0 bridgehead atoms. The molecule has 3 heteroatoms. The maximum atomic E-state index is 4.72. The van der Waals surface area contributed by atoms with Crippen LogP contribution in [0.15, 0.2) is 42.9 Å². The molecule has 0 spiro atoms. The number of pyridine rings is 1. The molecule has 3 aromatic heterocycles. The van der Waals surface area contributed by atoms with Crippen LogP contribution in [0.25, 0.3) is 33.1 Å². The first-order valence-electron chi connectivity index (χ1n) is 9.25. The van der Waals surface area contributed by atoms with Crippen LogP contribution in [0.5, 0.6) is 0 Å². The maximum Gasteiger partial charge on any atom is 0.137 e. The minimum Gasteiger partial charge on any atom is -0.361 e. The molecular formula is C23H27N3. The van der Waals surface area contributed by atoms with E-state index >= 15 is 0 Å². The molecule has 0 aliphatic carbocycles. The fourth-order valence-electron chi connectivity index (χ4n) is 3.95. The number of rotatable bonds is 1. The summed E-state index contributed by atoms with van der Waals surface area (Å²) in [5, 5.41) is 2.50. The first-order valence-corrected chi connectivity index (χ1v) is 9.25. The molecule has 0 radical (unpaired) electrons. The van der Waals surface area contributed by atoms with Gasteiger partial charge in [-0.05, 0) is 45.7 Å². The van der Waals surface area contributed by atoms with E-state index < -0.39 is 0 Å². The van der Waals surface area contributed by atoms with E-state index in [1.165, 1.54) is 38.5 Å². The van der Waals surface area contributed by atoms with Crippen molar-refractivity contribution in [3.63, 3.8) is 0 Å². The molecule has 1 aromatic carbocycles. The number of aromatic amines is 2. The van der Waals surface area contributed by atoms with Crippen LogP contribution in [0.4, 0.5) is 0 Å². The van der Waals surface area contributed by atoms with Gasteiger partial charge in [0.25, 0.3) is 0 Å². The van der Waals surface area contributed by atoms with Gasteiger partial charge in [0.05, 0.1) is 0 Å². The molecule has 0 fully saturated rings. The Morgan fingerprint density at radius 1 is 0.846 bits per heavy atom. The fraction of sp³-hybridized carbons (Fsp3) is 0.348. The number of hydrogen-bond acceptors (Lipinski definition) is 1. The Balaban J connectivity index is 2.01. The Labute approximate surface area is 154 Å². The molecule has 26 heavy (non-hydrogen) atoms. The SMILES string of the molecule is CC(C)(C)c1c(-c2cnc3[nH]cc(C(C)(C)C)c3c2)ccc2[nH]ccc12. The van der Waals surface area contributed by atoms with Crippen LogP contribution in [0.2, 0.25) is 0 Å². The quantitative estimate of drug-likeness (QED) is 0.417. The molecule has 0 amide bonds. The van der Waals surface area contributed by atoms with Crippen LogP contribution in [-0.4, -0.2) is 15.0 Å². The standard InChI is InChI=1S/C23H27N3/c1-22(2,3)18-13-26-21-17(18)11-14(12-25-21)15-7-8-19-16(9-10-24-19)20(15)23(4,5)6/h7-13,24H,1-6H3,(H,25,26). The summed E-state index contributed by atoms with van der Waals surface area (Å²) in [5.74, 6) is 0. The van der Waals surface area contributed by atoms with Crippen LogP contribution < -0.4 is 0 Å². The smallest absolute Gasteiger partial charge is 0.137 e. The van der Waals surface area contributed by atoms with Gasteiger partial charge in [0.15, 0.2) is 0 Å². The van der Waals surface area contributed by atoms with Crippen molar-refractivity contribution < 1.29 is 0 Å². The van der Waals surface area contributed by atoms with E-state index in [9.17, 15) is 0 Å². The van der Waals surface area contributed by atoms with Gasteiger partial charge in [-0.3, -0.25) is 0 Å². The second kappa shape index (κ2) is 5.47. The van der Waals surface area contributed by atoms with Crippen molar-refractivity contribution in [2.75, 3.05) is 0 Å². The molecule has 134 valence electrons. The molecule has 0 saturated carbocycles. The first-order chi connectivity index (χ1) is 12.2. The number of fused-ring (bicyclic) bond motifs is 2. The van der Waals surface area contributed by atoms with E-state index in [0.29, 0.717) is 0 Å². The van der Waals surface area contributed by atoms with E-state index in [0.717, 1.165) is 5.65 Å². The highest BCUT2D eigenvalue weighted by atomic mass is 14.8. The lowest BCUT2D eigenvalue weighted by Gasteiger charge is -2.24. The summed E-state index contributed by atoms with van der Waals surface area (Å²) in [6.07, 6.45) is 6.12. The van der Waals surface area contributed by atoms with Gasteiger partial charge in [0.1, 0.15) is 5.65 Å². The summed E-state index contributed by atoms with van der Waals surface area (Å²) in [6.45, 7) is 13.6. The fourth-order valence-corrected chi connectivity index (χ4v) is 3.95. The highest BCUT2D eigenvalue weighted by Crippen LogP contribution is 2.39. The number of aromatic nitrogens is 3. The Morgan fingerprint density at radius 3 is 2.31 bits per heavy atom. The van der Waals surface area contributed by atoms with Crippen molar-refractivity contribution in [3.05, 3.63) is 54.0 Å². The third kappa shape index (κ3) is 2.63. The molecular weight excluding hydrogens is 318 g/mol. The average Bonchev–Trinajstić information content (AvgIpc) is 3.17. The molecule has 2 N–H and O–H groups in total. The Morgan fingerprint density at radius 2 is 1.62 bits per heavy atom. The van der Waals surface area contributed by atoms with Crippen molar-refractivity contribution in [2.24, 2.45) is 0 Å². The zero-order valence-corrected chi connectivity index (χ0v) is 16.5. The van der Waals surface area contributed by atoms with E-state index in [4.69, 9.17) is 4.98 Å². The number of H-pyrrole nitrogens is 2. The molecule has 4 aromatic rings. The third-order valence-electron chi connectivity index (χ3n) is 5.13. The van der Waals surface area contributed by atoms with Gasteiger partial charge in [-0.2, -0.15) is 0 Å². The van der Waals surface area contributed by atoms with Crippen LogP contribution >= 0.6 is 0 Å². The largest absolute Gasteiger partial charge is 0.361 e. The average molecular weight is 345 g/mol. The van der Waals surface area contributed by atoms with E-state index in [1.807, 2.05) is 12.4 Å². The maximum absolute atomic E-state index is 4.72. The predicted octanol–water partition coefficient (Wildman–Crippen LogP) is 6.31. The number of benzene rings is 1. The van der Waals surface area contributed by atoms with Crippen LogP contribution in [0, 0.1) is 0 Å². The highest BCUT2D eigenvalue weighted by Gasteiger charge is 2.24. The molecule has 3 nitrogen and oxygen atoms in total. The van der Waals surface area contributed by atoms with Crippen molar-refractivity contribution in [1.29, 1.82) is 0 Å². The predicted molar refractivity (Wildman–Crippen MR) is 111 cm³/mol. The van der Waals surface area contributed by atoms with Gasteiger partial charge >= 0.3 is 0 Å². The molecule has 4 rings (SSSR count). The minimum atomic E-state index is 0.0387. The molecule has 0 atom stereocenters. The molecule has 0 aliphatic rings. The van der Waals surface area contributed by atoms with Gasteiger partial charge < -0.3 is 9.97 Å². The summed E-state index contributed by atoms with van der Waals surface area (Å²) < 4.78 is 0. The van der Waals surface area contributed by atoms with Gasteiger partial charge in [-0.1, -0.05) is 47.6 Å². The monoisotopic (exact) mass is 345 g/mol. The van der Waals surface area contributed by atoms with Gasteiger partial charge in [-0.15, -0.1) is 0 Å². The lowest BCUT2D eigenvalue weighted by Crippen LogP contribution is -2.13. The van der Waals surface area contributed by atoms with Gasteiger partial charge in [0, 0.05) is 40.4 Å². The van der Waals surface area contributed by atoms with Crippen molar-refractivity contribution in [3.8, 4) is 11.1 Å². The van der Waals surface area contributed by atoms with Gasteiger partial charge in [0.2, 0.25) is 0 Å². The lowest BCUT2D eigenvalue weighted by molar-refractivity contribution is 0.595. The van der Waals surface area contributed by atoms with Crippen LogP contribution in [-0.2, 0) is 10.8 Å². The zero-order valence-electron chi connectivity index (χ0n) is 16.5. The normalized spacial score (nSPS) is 13.0. The van der Waals surface area contributed by atoms with Crippen LogP contribution in [0.3, 0.4) is 0 Å². The highest BCUT2D eigenvalue weighted by molar-refractivity contribution is 5.93. The Bertz CT molecular complexity index is 1100. The number of hydrogen-bond donors (Lipinski definition) is 2. The summed E-state index contributed by atoms with van der Waals surface area (Å²) in [5.41, 5.74) is 7.37. The second-order valence-corrected chi connectivity index (χ2v) is 9.25. The number of nitrogens with one attached hydrogen (secondary N) is 2. The first kappa shape index (κ1) is 16.9. The van der Waals surface area contributed by atoms with Crippen molar-refractivity contribution >= 4 is 21.9 Å². The molecule has 0 saturated heterocycles. The topological polar surface area (TPSA) is 44.5 Å².